The normalized spacial score (nSPS) is 16.8. The van der Waals surface area contributed by atoms with E-state index in [1.807, 2.05) is 18.2 Å². The van der Waals surface area contributed by atoms with Gasteiger partial charge in [-0.3, -0.25) is 4.79 Å². The average molecular weight is 290 g/mol. The van der Waals surface area contributed by atoms with Crippen LogP contribution >= 0.6 is 11.6 Å². The van der Waals surface area contributed by atoms with Crippen LogP contribution in [0.4, 0.5) is 4.39 Å². The van der Waals surface area contributed by atoms with E-state index in [-0.39, 0.29) is 11.6 Å². The Morgan fingerprint density at radius 1 is 1.25 bits per heavy atom. The zero-order valence-electron chi connectivity index (χ0n) is 10.7. The van der Waals surface area contributed by atoms with Crippen molar-refractivity contribution in [1.29, 1.82) is 0 Å². The Morgan fingerprint density at radius 2 is 2.05 bits per heavy atom. The molecule has 0 saturated heterocycles. The van der Waals surface area contributed by atoms with E-state index in [9.17, 15) is 9.18 Å². The van der Waals surface area contributed by atoms with Crippen LogP contribution in [0.25, 0.3) is 0 Å². The number of nitrogens with one attached hydrogen (secondary N) is 1. The molecule has 2 aromatic rings. The van der Waals surface area contributed by atoms with Gasteiger partial charge in [-0.25, -0.2) is 4.39 Å². The molecule has 2 aromatic carbocycles. The highest BCUT2D eigenvalue weighted by Gasteiger charge is 2.24. The van der Waals surface area contributed by atoms with Gasteiger partial charge in [0.1, 0.15) is 5.82 Å². The van der Waals surface area contributed by atoms with Gasteiger partial charge in [-0.15, -0.1) is 0 Å². The Hall–Kier alpha value is -1.87. The number of halogens is 2. The van der Waals surface area contributed by atoms with E-state index < -0.39 is 11.7 Å². The minimum absolute atomic E-state index is 0.0121. The first-order valence-electron chi connectivity index (χ1n) is 6.49. The molecule has 0 radical (unpaired) electrons. The van der Waals surface area contributed by atoms with Crippen molar-refractivity contribution in [3.05, 3.63) is 70.0 Å². The predicted molar refractivity (Wildman–Crippen MR) is 76.4 cm³/mol. The smallest absolute Gasteiger partial charge is 0.254 e. The van der Waals surface area contributed by atoms with Gasteiger partial charge in [-0.05, 0) is 42.2 Å². The molecule has 0 aromatic heterocycles. The van der Waals surface area contributed by atoms with Crippen LogP contribution in [0.3, 0.4) is 0 Å². The fourth-order valence-corrected chi connectivity index (χ4v) is 2.79. The number of rotatable bonds is 2. The highest BCUT2D eigenvalue weighted by Crippen LogP contribution is 2.31. The maximum Gasteiger partial charge on any atom is 0.254 e. The van der Waals surface area contributed by atoms with E-state index in [4.69, 9.17) is 11.6 Å². The molecule has 0 fully saturated rings. The molecule has 0 heterocycles. The molecule has 0 aliphatic heterocycles. The summed E-state index contributed by atoms with van der Waals surface area (Å²) in [6, 6.07) is 11.9. The fourth-order valence-electron chi connectivity index (χ4n) is 2.61. The van der Waals surface area contributed by atoms with Gasteiger partial charge in [0.2, 0.25) is 0 Å². The maximum atomic E-state index is 13.7. The van der Waals surface area contributed by atoms with Crippen molar-refractivity contribution in [1.82, 2.24) is 5.32 Å². The molecule has 0 bridgehead atoms. The summed E-state index contributed by atoms with van der Waals surface area (Å²) < 4.78 is 13.7. The zero-order valence-corrected chi connectivity index (χ0v) is 11.5. The lowest BCUT2D eigenvalue weighted by Gasteiger charge is -2.14. The lowest BCUT2D eigenvalue weighted by Crippen LogP contribution is -2.27. The molecule has 0 saturated carbocycles. The standard InChI is InChI=1S/C16H13ClFNO/c17-11-6-7-14(18)13(9-11)16(20)19-15-8-5-10-3-1-2-4-12(10)15/h1-4,6-7,9,15H,5,8H2,(H,19,20). The number of carbonyl (C=O) groups is 1. The number of hydrogen-bond acceptors (Lipinski definition) is 1. The van der Waals surface area contributed by atoms with E-state index >= 15 is 0 Å². The van der Waals surface area contributed by atoms with Crippen molar-refractivity contribution in [3.63, 3.8) is 0 Å². The number of benzene rings is 2. The Labute approximate surface area is 121 Å². The lowest BCUT2D eigenvalue weighted by molar-refractivity contribution is 0.0932. The van der Waals surface area contributed by atoms with Gasteiger partial charge in [0, 0.05) is 5.02 Å². The minimum atomic E-state index is -0.557. The first-order chi connectivity index (χ1) is 9.65. The summed E-state index contributed by atoms with van der Waals surface area (Å²) in [5, 5.41) is 3.23. The molecule has 1 unspecified atom stereocenters. The van der Waals surface area contributed by atoms with Gasteiger partial charge in [0.15, 0.2) is 0 Å². The molecule has 1 aliphatic rings. The second-order valence-corrected chi connectivity index (χ2v) is 5.32. The predicted octanol–water partition coefficient (Wildman–Crippen LogP) is 3.90. The van der Waals surface area contributed by atoms with Crippen LogP contribution in [-0.2, 0) is 6.42 Å². The third kappa shape index (κ3) is 2.41. The fraction of sp³-hybridized carbons (Fsp3) is 0.188. The highest BCUT2D eigenvalue weighted by molar-refractivity contribution is 6.31. The van der Waals surface area contributed by atoms with E-state index in [1.54, 1.807) is 0 Å². The minimum Gasteiger partial charge on any atom is -0.345 e. The highest BCUT2D eigenvalue weighted by atomic mass is 35.5. The summed E-state index contributed by atoms with van der Waals surface area (Å²) in [6.45, 7) is 0. The summed E-state index contributed by atoms with van der Waals surface area (Å²) in [5.74, 6) is -0.982. The van der Waals surface area contributed by atoms with Crippen molar-refractivity contribution >= 4 is 17.5 Å². The summed E-state index contributed by atoms with van der Waals surface area (Å²) in [5.41, 5.74) is 2.34. The number of fused-ring (bicyclic) bond motifs is 1. The Bertz CT molecular complexity index is 671. The van der Waals surface area contributed by atoms with Crippen LogP contribution in [0.15, 0.2) is 42.5 Å². The van der Waals surface area contributed by atoms with Gasteiger partial charge >= 0.3 is 0 Å². The van der Waals surface area contributed by atoms with Crippen LogP contribution in [0.1, 0.15) is 33.9 Å². The molecule has 20 heavy (non-hydrogen) atoms. The molecule has 1 amide bonds. The van der Waals surface area contributed by atoms with Gasteiger partial charge in [0.05, 0.1) is 11.6 Å². The molecular weight excluding hydrogens is 277 g/mol. The van der Waals surface area contributed by atoms with E-state index in [2.05, 4.69) is 11.4 Å². The van der Waals surface area contributed by atoms with Gasteiger partial charge in [-0.1, -0.05) is 35.9 Å². The molecule has 1 aliphatic carbocycles. The van der Waals surface area contributed by atoms with E-state index in [0.29, 0.717) is 5.02 Å². The Kier molecular flexibility index (Phi) is 3.45. The van der Waals surface area contributed by atoms with Crippen LogP contribution in [-0.4, -0.2) is 5.91 Å². The second-order valence-electron chi connectivity index (χ2n) is 4.89. The van der Waals surface area contributed by atoms with Crippen LogP contribution < -0.4 is 5.32 Å². The quantitative estimate of drug-likeness (QED) is 0.893. The SMILES string of the molecule is O=C(NC1CCc2ccccc21)c1cc(Cl)ccc1F. The van der Waals surface area contributed by atoms with E-state index in [0.717, 1.165) is 18.4 Å². The number of carbonyl (C=O) groups excluding carboxylic acids is 1. The summed E-state index contributed by atoms with van der Waals surface area (Å²) >= 11 is 5.81. The van der Waals surface area contributed by atoms with Crippen molar-refractivity contribution in [2.24, 2.45) is 0 Å². The van der Waals surface area contributed by atoms with Crippen molar-refractivity contribution in [2.45, 2.75) is 18.9 Å². The monoisotopic (exact) mass is 289 g/mol. The first-order valence-corrected chi connectivity index (χ1v) is 6.86. The Morgan fingerprint density at radius 3 is 2.90 bits per heavy atom. The maximum absolute atomic E-state index is 13.7. The summed E-state index contributed by atoms with van der Waals surface area (Å²) in [7, 11) is 0. The van der Waals surface area contributed by atoms with Gasteiger partial charge in [0.25, 0.3) is 5.91 Å². The van der Waals surface area contributed by atoms with E-state index in [1.165, 1.54) is 23.8 Å². The number of amides is 1. The third-order valence-electron chi connectivity index (χ3n) is 3.61. The van der Waals surface area contributed by atoms with Crippen molar-refractivity contribution in [3.8, 4) is 0 Å². The Balaban J connectivity index is 1.82. The molecule has 4 heteroatoms. The third-order valence-corrected chi connectivity index (χ3v) is 3.85. The molecule has 3 rings (SSSR count). The molecule has 1 atom stereocenters. The molecular formula is C16H13ClFNO. The first kappa shape index (κ1) is 13.1. The molecule has 1 N–H and O–H groups in total. The average Bonchev–Trinajstić information content (AvgIpc) is 2.85. The largest absolute Gasteiger partial charge is 0.345 e. The zero-order chi connectivity index (χ0) is 14.1. The summed E-state index contributed by atoms with van der Waals surface area (Å²) in [4.78, 5) is 12.2. The van der Waals surface area contributed by atoms with Gasteiger partial charge < -0.3 is 5.32 Å². The molecule has 2 nitrogen and oxygen atoms in total. The summed E-state index contributed by atoms with van der Waals surface area (Å²) in [6.07, 6.45) is 1.77. The molecule has 102 valence electrons. The van der Waals surface area contributed by atoms with Crippen LogP contribution in [0, 0.1) is 5.82 Å². The van der Waals surface area contributed by atoms with Crippen molar-refractivity contribution in [2.75, 3.05) is 0 Å². The number of aryl methyl sites for hydroxylation is 1. The van der Waals surface area contributed by atoms with Crippen LogP contribution in [0.5, 0.6) is 0 Å². The van der Waals surface area contributed by atoms with Gasteiger partial charge in [-0.2, -0.15) is 0 Å². The second kappa shape index (κ2) is 5.25. The topological polar surface area (TPSA) is 29.1 Å². The van der Waals surface area contributed by atoms with Crippen molar-refractivity contribution < 1.29 is 9.18 Å². The van der Waals surface area contributed by atoms with Crippen LogP contribution in [0.2, 0.25) is 5.02 Å². The molecule has 0 spiro atoms. The number of hydrogen-bond donors (Lipinski definition) is 1. The lowest BCUT2D eigenvalue weighted by atomic mass is 10.1.